The molecule has 4 heteroatoms. The van der Waals surface area contributed by atoms with Gasteiger partial charge in [-0.15, -0.1) is 0 Å². The molecule has 0 amide bonds. The Kier molecular flexibility index (Phi) is 3.92. The minimum absolute atomic E-state index is 0.184. The zero-order valence-electron chi connectivity index (χ0n) is 10.0. The lowest BCUT2D eigenvalue weighted by atomic mass is 9.86. The monoisotopic (exact) mass is 255 g/mol. The zero-order chi connectivity index (χ0) is 12.4. The van der Waals surface area contributed by atoms with Crippen molar-refractivity contribution in [3.8, 4) is 5.75 Å². The molecular weight excluding hydrogens is 238 g/mol. The van der Waals surface area contributed by atoms with Crippen LogP contribution in [0.3, 0.4) is 0 Å². The molecular formula is C13H18ClNO2. The van der Waals surface area contributed by atoms with Gasteiger partial charge in [-0.1, -0.05) is 11.6 Å². The third-order valence-corrected chi connectivity index (χ3v) is 3.64. The van der Waals surface area contributed by atoms with Gasteiger partial charge in [0.15, 0.2) is 0 Å². The molecule has 0 spiro atoms. The number of rotatable bonds is 3. The molecule has 17 heavy (non-hydrogen) atoms. The topological polar surface area (TPSA) is 55.5 Å². The van der Waals surface area contributed by atoms with Crippen LogP contribution in [0.1, 0.15) is 35.6 Å². The summed E-state index contributed by atoms with van der Waals surface area (Å²) in [5.41, 5.74) is 8.75. The van der Waals surface area contributed by atoms with E-state index in [2.05, 4.69) is 0 Å². The van der Waals surface area contributed by atoms with Gasteiger partial charge in [0.2, 0.25) is 0 Å². The lowest BCUT2D eigenvalue weighted by molar-refractivity contribution is 0.180. The molecule has 1 unspecified atom stereocenters. The molecule has 0 saturated heterocycles. The van der Waals surface area contributed by atoms with Crippen LogP contribution in [-0.2, 0) is 12.8 Å². The quantitative estimate of drug-likeness (QED) is 0.871. The van der Waals surface area contributed by atoms with Crippen molar-refractivity contribution in [1.82, 2.24) is 0 Å². The van der Waals surface area contributed by atoms with Crippen LogP contribution >= 0.6 is 11.6 Å². The van der Waals surface area contributed by atoms with Gasteiger partial charge < -0.3 is 15.6 Å². The van der Waals surface area contributed by atoms with E-state index in [1.165, 1.54) is 17.5 Å². The van der Waals surface area contributed by atoms with Gasteiger partial charge in [-0.2, -0.15) is 0 Å². The van der Waals surface area contributed by atoms with E-state index in [0.29, 0.717) is 10.8 Å². The number of nitrogens with two attached hydrogens (primary N) is 1. The minimum atomic E-state index is -0.699. The molecule has 0 radical (unpaired) electrons. The molecule has 1 aliphatic rings. The summed E-state index contributed by atoms with van der Waals surface area (Å²) in [7, 11) is 1.57. The van der Waals surface area contributed by atoms with E-state index in [-0.39, 0.29) is 6.54 Å². The van der Waals surface area contributed by atoms with Crippen LogP contribution in [0.15, 0.2) is 6.07 Å². The van der Waals surface area contributed by atoms with Crippen molar-refractivity contribution in [1.29, 1.82) is 0 Å². The number of aryl methyl sites for hydroxylation is 1. The molecule has 1 atom stereocenters. The summed E-state index contributed by atoms with van der Waals surface area (Å²) in [5, 5.41) is 10.6. The standard InChI is InChI=1S/C13H18ClNO2/c1-17-13-10(14)6-8-4-2-3-5-9(8)12(13)11(16)7-15/h6,11,16H,2-5,7,15H2,1H3. The predicted octanol–water partition coefficient (Wildman–Crippen LogP) is 2.22. The molecule has 94 valence electrons. The zero-order valence-corrected chi connectivity index (χ0v) is 10.8. The van der Waals surface area contributed by atoms with Crippen molar-refractivity contribution >= 4 is 11.6 Å². The van der Waals surface area contributed by atoms with Gasteiger partial charge in [0.1, 0.15) is 5.75 Å². The summed E-state index contributed by atoms with van der Waals surface area (Å²) < 4.78 is 5.32. The summed E-state index contributed by atoms with van der Waals surface area (Å²) in [6.07, 6.45) is 3.60. The fraction of sp³-hybridized carbons (Fsp3) is 0.538. The van der Waals surface area contributed by atoms with E-state index in [1.54, 1.807) is 7.11 Å². The maximum Gasteiger partial charge on any atom is 0.143 e. The molecule has 0 bridgehead atoms. The SMILES string of the molecule is COc1c(Cl)cc2c(c1C(O)CN)CCCC2. The summed E-state index contributed by atoms with van der Waals surface area (Å²) in [6, 6.07) is 1.96. The van der Waals surface area contributed by atoms with Crippen LogP contribution in [0.4, 0.5) is 0 Å². The second-order valence-electron chi connectivity index (χ2n) is 4.40. The van der Waals surface area contributed by atoms with Crippen molar-refractivity contribution < 1.29 is 9.84 Å². The largest absolute Gasteiger partial charge is 0.495 e. The third kappa shape index (κ3) is 2.28. The Labute approximate surface area is 107 Å². The van der Waals surface area contributed by atoms with Crippen LogP contribution in [0, 0.1) is 0 Å². The molecule has 1 aromatic carbocycles. The Balaban J connectivity index is 2.61. The van der Waals surface area contributed by atoms with Crippen molar-refractivity contribution in [2.24, 2.45) is 5.73 Å². The fourth-order valence-electron chi connectivity index (χ4n) is 2.56. The third-order valence-electron chi connectivity index (χ3n) is 3.36. The van der Waals surface area contributed by atoms with Crippen molar-refractivity contribution in [2.45, 2.75) is 31.8 Å². The van der Waals surface area contributed by atoms with Crippen LogP contribution in [0.25, 0.3) is 0 Å². The van der Waals surface area contributed by atoms with Crippen LogP contribution in [-0.4, -0.2) is 18.8 Å². The minimum Gasteiger partial charge on any atom is -0.495 e. The summed E-state index contributed by atoms with van der Waals surface area (Å²) >= 11 is 6.19. The number of fused-ring (bicyclic) bond motifs is 1. The average molecular weight is 256 g/mol. The second kappa shape index (κ2) is 5.25. The highest BCUT2D eigenvalue weighted by Crippen LogP contribution is 2.40. The van der Waals surface area contributed by atoms with E-state index >= 15 is 0 Å². The molecule has 1 aliphatic carbocycles. The first kappa shape index (κ1) is 12.7. The number of aliphatic hydroxyl groups excluding tert-OH is 1. The lowest BCUT2D eigenvalue weighted by Gasteiger charge is -2.25. The molecule has 0 heterocycles. The van der Waals surface area contributed by atoms with E-state index in [9.17, 15) is 5.11 Å². The first-order valence-corrected chi connectivity index (χ1v) is 6.33. The Bertz CT molecular complexity index is 420. The van der Waals surface area contributed by atoms with Gasteiger partial charge >= 0.3 is 0 Å². The number of aliphatic hydroxyl groups is 1. The van der Waals surface area contributed by atoms with Crippen molar-refractivity contribution in [2.75, 3.05) is 13.7 Å². The normalized spacial score (nSPS) is 16.5. The highest BCUT2D eigenvalue weighted by atomic mass is 35.5. The van der Waals surface area contributed by atoms with Gasteiger partial charge in [-0.25, -0.2) is 0 Å². The molecule has 0 saturated carbocycles. The Hall–Kier alpha value is -0.770. The molecule has 3 nitrogen and oxygen atoms in total. The number of hydrogen-bond donors (Lipinski definition) is 2. The second-order valence-corrected chi connectivity index (χ2v) is 4.81. The maximum atomic E-state index is 10.1. The lowest BCUT2D eigenvalue weighted by Crippen LogP contribution is -2.17. The number of benzene rings is 1. The average Bonchev–Trinajstić information content (AvgIpc) is 2.36. The van der Waals surface area contributed by atoms with Gasteiger partial charge in [0.25, 0.3) is 0 Å². The highest BCUT2D eigenvalue weighted by molar-refractivity contribution is 6.32. The Morgan fingerprint density at radius 3 is 2.82 bits per heavy atom. The number of hydrogen-bond acceptors (Lipinski definition) is 3. The Morgan fingerprint density at radius 1 is 1.47 bits per heavy atom. The van der Waals surface area contributed by atoms with E-state index in [1.807, 2.05) is 6.07 Å². The summed E-state index contributed by atoms with van der Waals surface area (Å²) in [4.78, 5) is 0. The van der Waals surface area contributed by atoms with Gasteiger partial charge in [-0.3, -0.25) is 0 Å². The van der Waals surface area contributed by atoms with Crippen LogP contribution < -0.4 is 10.5 Å². The maximum absolute atomic E-state index is 10.1. The molecule has 2 rings (SSSR count). The smallest absolute Gasteiger partial charge is 0.143 e. The van der Waals surface area contributed by atoms with Gasteiger partial charge in [-0.05, 0) is 42.9 Å². The van der Waals surface area contributed by atoms with E-state index in [0.717, 1.165) is 24.8 Å². The van der Waals surface area contributed by atoms with Crippen LogP contribution in [0.2, 0.25) is 5.02 Å². The molecule has 3 N–H and O–H groups in total. The molecule has 1 aromatic rings. The van der Waals surface area contributed by atoms with Gasteiger partial charge in [0.05, 0.1) is 18.2 Å². The fourth-order valence-corrected chi connectivity index (χ4v) is 2.87. The van der Waals surface area contributed by atoms with Crippen molar-refractivity contribution in [3.05, 3.63) is 27.8 Å². The summed E-state index contributed by atoms with van der Waals surface area (Å²) in [5.74, 6) is 0.574. The first-order chi connectivity index (χ1) is 8.19. The summed E-state index contributed by atoms with van der Waals surface area (Å²) in [6.45, 7) is 0.184. The number of methoxy groups -OCH3 is 1. The highest BCUT2D eigenvalue weighted by Gasteiger charge is 2.24. The van der Waals surface area contributed by atoms with Crippen molar-refractivity contribution in [3.63, 3.8) is 0 Å². The molecule has 0 aliphatic heterocycles. The number of ether oxygens (including phenoxy) is 1. The number of halogens is 1. The molecule has 0 aromatic heterocycles. The van der Waals surface area contributed by atoms with E-state index < -0.39 is 6.10 Å². The van der Waals surface area contributed by atoms with Gasteiger partial charge in [0, 0.05) is 12.1 Å². The van der Waals surface area contributed by atoms with Crippen LogP contribution in [0.5, 0.6) is 5.75 Å². The Morgan fingerprint density at radius 2 is 2.18 bits per heavy atom. The molecule has 0 fully saturated rings. The predicted molar refractivity (Wildman–Crippen MR) is 68.7 cm³/mol. The first-order valence-electron chi connectivity index (χ1n) is 5.95. The van der Waals surface area contributed by atoms with E-state index in [4.69, 9.17) is 22.1 Å².